The second-order valence-electron chi connectivity index (χ2n) is 7.81. The minimum atomic E-state index is -0.753. The number of aromatic nitrogens is 2. The second kappa shape index (κ2) is 9.27. The molecular formula is C23H23FN4O5. The maximum Gasteiger partial charge on any atom is 0.263 e. The summed E-state index contributed by atoms with van der Waals surface area (Å²) in [6.45, 7) is 3.75. The third-order valence-corrected chi connectivity index (χ3v) is 5.15. The maximum absolute atomic E-state index is 13.1. The smallest absolute Gasteiger partial charge is 0.263 e. The molecule has 33 heavy (non-hydrogen) atoms. The zero-order valence-corrected chi connectivity index (χ0v) is 18.4. The number of halogens is 1. The second-order valence-corrected chi connectivity index (χ2v) is 7.81. The molecule has 2 heterocycles. The fraction of sp³-hybridized carbons (Fsp3) is 0.304. The molecule has 2 aromatic carbocycles. The largest absolute Gasteiger partial charge is 0.481 e. The Morgan fingerprint density at radius 2 is 2.00 bits per heavy atom. The fourth-order valence-corrected chi connectivity index (χ4v) is 3.49. The van der Waals surface area contributed by atoms with Crippen LogP contribution in [0.3, 0.4) is 0 Å². The lowest BCUT2D eigenvalue weighted by Crippen LogP contribution is -2.39. The van der Waals surface area contributed by atoms with E-state index in [1.165, 1.54) is 29.2 Å². The molecule has 1 aliphatic rings. The molecule has 4 rings (SSSR count). The van der Waals surface area contributed by atoms with Crippen molar-refractivity contribution in [1.29, 1.82) is 0 Å². The summed E-state index contributed by atoms with van der Waals surface area (Å²) in [7, 11) is 1.66. The summed E-state index contributed by atoms with van der Waals surface area (Å²) in [6, 6.07) is 10.7. The monoisotopic (exact) mass is 454 g/mol. The van der Waals surface area contributed by atoms with Gasteiger partial charge in [-0.3, -0.25) is 9.59 Å². The van der Waals surface area contributed by atoms with Crippen LogP contribution in [-0.4, -0.2) is 53.2 Å². The van der Waals surface area contributed by atoms with Crippen molar-refractivity contribution >= 4 is 17.5 Å². The molecule has 10 heteroatoms. The van der Waals surface area contributed by atoms with Crippen molar-refractivity contribution in [3.63, 3.8) is 0 Å². The summed E-state index contributed by atoms with van der Waals surface area (Å²) >= 11 is 0. The van der Waals surface area contributed by atoms with Gasteiger partial charge in [0.1, 0.15) is 11.6 Å². The van der Waals surface area contributed by atoms with Gasteiger partial charge < -0.3 is 24.2 Å². The topological polar surface area (TPSA) is 107 Å². The van der Waals surface area contributed by atoms with Crippen LogP contribution in [0.1, 0.15) is 25.6 Å². The highest BCUT2D eigenvalue weighted by Gasteiger charge is 2.26. The van der Waals surface area contributed by atoms with Gasteiger partial charge in [0.15, 0.2) is 24.3 Å². The van der Waals surface area contributed by atoms with E-state index in [0.717, 1.165) is 0 Å². The number of ether oxygens (including phenoxy) is 2. The van der Waals surface area contributed by atoms with Gasteiger partial charge in [0.2, 0.25) is 0 Å². The van der Waals surface area contributed by atoms with Crippen LogP contribution in [0.2, 0.25) is 0 Å². The first kappa shape index (κ1) is 22.3. The molecule has 9 nitrogen and oxygen atoms in total. The third kappa shape index (κ3) is 4.94. The Kier molecular flexibility index (Phi) is 6.25. The number of anilines is 1. The van der Waals surface area contributed by atoms with Crippen molar-refractivity contribution in [2.45, 2.75) is 25.9 Å². The summed E-state index contributed by atoms with van der Waals surface area (Å²) in [5.74, 6) is 0.487. The summed E-state index contributed by atoms with van der Waals surface area (Å²) < 4.78 is 29.6. The van der Waals surface area contributed by atoms with E-state index in [0.29, 0.717) is 35.1 Å². The van der Waals surface area contributed by atoms with Crippen molar-refractivity contribution < 1.29 is 28.0 Å². The number of fused-ring (bicyclic) bond motifs is 1. The van der Waals surface area contributed by atoms with Gasteiger partial charge in [-0.1, -0.05) is 18.1 Å². The molecule has 172 valence electrons. The minimum Gasteiger partial charge on any atom is -0.481 e. The van der Waals surface area contributed by atoms with Gasteiger partial charge in [0.25, 0.3) is 17.7 Å². The number of carbonyl (C=O) groups excluding carboxylic acids is 2. The average Bonchev–Trinajstić information content (AvgIpc) is 3.29. The fourth-order valence-electron chi connectivity index (χ4n) is 3.49. The predicted molar refractivity (Wildman–Crippen MR) is 116 cm³/mol. The molecule has 0 saturated carbocycles. The van der Waals surface area contributed by atoms with Crippen LogP contribution in [0.4, 0.5) is 10.1 Å². The van der Waals surface area contributed by atoms with E-state index in [9.17, 15) is 14.0 Å². The molecule has 1 N–H and O–H groups in total. The van der Waals surface area contributed by atoms with Crippen molar-refractivity contribution in [3.05, 3.63) is 54.1 Å². The number of benzene rings is 2. The Labute approximate surface area is 189 Å². The number of nitrogens with one attached hydrogen (secondary N) is 1. The molecule has 0 saturated heterocycles. The third-order valence-electron chi connectivity index (χ3n) is 5.15. The number of amides is 2. The van der Waals surface area contributed by atoms with Gasteiger partial charge in [-0.25, -0.2) is 4.39 Å². The Balaban J connectivity index is 1.41. The molecule has 0 radical (unpaired) electrons. The molecular weight excluding hydrogens is 431 g/mol. The van der Waals surface area contributed by atoms with Gasteiger partial charge >= 0.3 is 0 Å². The lowest BCUT2D eigenvalue weighted by molar-refractivity contribution is -0.136. The van der Waals surface area contributed by atoms with Gasteiger partial charge in [-0.05, 0) is 43.3 Å². The Hall–Kier alpha value is -3.95. The number of hydrogen-bond donors (Lipinski definition) is 1. The zero-order valence-electron chi connectivity index (χ0n) is 18.4. The van der Waals surface area contributed by atoms with Crippen molar-refractivity contribution in [1.82, 2.24) is 15.0 Å². The minimum absolute atomic E-state index is 0.0908. The van der Waals surface area contributed by atoms with Crippen LogP contribution in [0.25, 0.3) is 11.5 Å². The number of hydrogen-bond acceptors (Lipinski definition) is 7. The highest BCUT2D eigenvalue weighted by Crippen LogP contribution is 2.37. The van der Waals surface area contributed by atoms with Crippen LogP contribution in [0.15, 0.2) is 47.0 Å². The van der Waals surface area contributed by atoms with E-state index in [1.807, 2.05) is 6.92 Å². The predicted octanol–water partition coefficient (Wildman–Crippen LogP) is 3.24. The molecule has 2 unspecified atom stereocenters. The molecule has 3 aromatic rings. The summed E-state index contributed by atoms with van der Waals surface area (Å²) in [4.78, 5) is 30.2. The highest BCUT2D eigenvalue weighted by atomic mass is 19.1. The quantitative estimate of drug-likeness (QED) is 0.584. The van der Waals surface area contributed by atoms with E-state index < -0.39 is 6.10 Å². The summed E-state index contributed by atoms with van der Waals surface area (Å²) in [5, 5.41) is 6.80. The van der Waals surface area contributed by atoms with E-state index in [2.05, 4.69) is 15.5 Å². The van der Waals surface area contributed by atoms with Crippen LogP contribution in [0, 0.1) is 5.82 Å². The molecule has 1 aromatic heterocycles. The number of para-hydroxylation sites is 1. The number of rotatable bonds is 7. The molecule has 0 spiro atoms. The van der Waals surface area contributed by atoms with Crippen LogP contribution in [-0.2, 0) is 9.59 Å². The van der Waals surface area contributed by atoms with E-state index >= 15 is 0 Å². The summed E-state index contributed by atoms with van der Waals surface area (Å²) in [6.07, 6.45) is -0.753. The molecule has 2 amide bonds. The van der Waals surface area contributed by atoms with Gasteiger partial charge in [-0.2, -0.15) is 4.98 Å². The first-order valence-electron chi connectivity index (χ1n) is 10.4. The SMILES string of the molecule is CC(Oc1ccc(F)cc1)C(=O)N(C)CC(C)c1noc(-c2cccc3c2OCC(=O)N3)n1. The standard InChI is InChI=1S/C23H23FN4O5/c1-13(11-28(3)23(30)14(2)32-16-9-7-15(24)8-10-16)21-26-22(33-27-21)17-5-4-6-18-20(17)31-12-19(29)25-18/h4-10,13-14H,11-12H2,1-3H3,(H,25,29). The van der Waals surface area contributed by atoms with Crippen molar-refractivity contribution in [2.24, 2.45) is 0 Å². The molecule has 0 fully saturated rings. The summed E-state index contributed by atoms with van der Waals surface area (Å²) in [5.41, 5.74) is 1.11. The zero-order chi connectivity index (χ0) is 23.5. The normalized spacial score (nSPS) is 14.5. The van der Waals surface area contributed by atoms with Gasteiger partial charge in [-0.15, -0.1) is 0 Å². The lowest BCUT2D eigenvalue weighted by Gasteiger charge is -2.24. The Bertz CT molecular complexity index is 1160. The average molecular weight is 454 g/mol. The number of likely N-dealkylation sites (N-methyl/N-ethyl adjacent to an activating group) is 1. The van der Waals surface area contributed by atoms with Gasteiger partial charge in [0.05, 0.1) is 11.3 Å². The van der Waals surface area contributed by atoms with Crippen LogP contribution < -0.4 is 14.8 Å². The van der Waals surface area contributed by atoms with Crippen LogP contribution in [0.5, 0.6) is 11.5 Å². The molecule has 0 aliphatic carbocycles. The van der Waals surface area contributed by atoms with Gasteiger partial charge in [0, 0.05) is 19.5 Å². The Morgan fingerprint density at radius 3 is 2.76 bits per heavy atom. The first-order valence-corrected chi connectivity index (χ1v) is 10.4. The Morgan fingerprint density at radius 1 is 1.24 bits per heavy atom. The van der Waals surface area contributed by atoms with E-state index in [-0.39, 0.29) is 36.0 Å². The molecule has 0 bridgehead atoms. The van der Waals surface area contributed by atoms with Crippen molar-refractivity contribution in [2.75, 3.05) is 25.5 Å². The molecule has 1 aliphatic heterocycles. The maximum atomic E-state index is 13.1. The lowest BCUT2D eigenvalue weighted by atomic mass is 10.1. The number of nitrogens with zero attached hydrogens (tertiary/aromatic N) is 3. The van der Waals surface area contributed by atoms with E-state index in [1.54, 1.807) is 32.2 Å². The first-order chi connectivity index (χ1) is 15.8. The van der Waals surface area contributed by atoms with Crippen LogP contribution >= 0.6 is 0 Å². The van der Waals surface area contributed by atoms with Crippen molar-refractivity contribution in [3.8, 4) is 23.0 Å². The molecule has 2 atom stereocenters. The highest BCUT2D eigenvalue weighted by molar-refractivity contribution is 5.97. The van der Waals surface area contributed by atoms with E-state index in [4.69, 9.17) is 14.0 Å². The number of carbonyl (C=O) groups is 2.